The molecule has 0 saturated carbocycles. The Bertz CT molecular complexity index is 731. The molecule has 0 amide bonds. The van der Waals surface area contributed by atoms with Crippen molar-refractivity contribution in [1.29, 1.82) is 0 Å². The van der Waals surface area contributed by atoms with Crippen LogP contribution in [0, 0.1) is 5.82 Å². The van der Waals surface area contributed by atoms with Gasteiger partial charge in [-0.3, -0.25) is 0 Å². The zero-order chi connectivity index (χ0) is 13.2. The number of hydrogen-bond donors (Lipinski definition) is 0. The highest BCUT2D eigenvalue weighted by Crippen LogP contribution is 2.19. The summed E-state index contributed by atoms with van der Waals surface area (Å²) in [5.41, 5.74) is 2.00. The Labute approximate surface area is 117 Å². The Kier molecular flexibility index (Phi) is 3.17. The number of oxazole rings is 1. The van der Waals surface area contributed by atoms with E-state index in [-0.39, 0.29) is 5.82 Å². The number of fused-ring (bicyclic) bond motifs is 1. The van der Waals surface area contributed by atoms with Crippen molar-refractivity contribution in [3.05, 3.63) is 64.2 Å². The summed E-state index contributed by atoms with van der Waals surface area (Å²) < 4.78 is 19.9. The minimum absolute atomic E-state index is 0.290. The van der Waals surface area contributed by atoms with E-state index in [2.05, 4.69) is 20.9 Å². The van der Waals surface area contributed by atoms with E-state index in [1.807, 2.05) is 24.3 Å². The predicted molar refractivity (Wildman–Crippen MR) is 77.0 cm³/mol. The van der Waals surface area contributed by atoms with E-state index in [9.17, 15) is 4.39 Å². The van der Waals surface area contributed by atoms with Gasteiger partial charge in [0.05, 0.1) is 0 Å². The zero-order valence-electron chi connectivity index (χ0n) is 9.81. The molecule has 94 valence electrons. The Morgan fingerprint density at radius 3 is 2.74 bits per heavy atom. The number of para-hydroxylation sites is 2. The van der Waals surface area contributed by atoms with E-state index < -0.39 is 0 Å². The van der Waals surface area contributed by atoms with Crippen molar-refractivity contribution in [2.75, 3.05) is 0 Å². The van der Waals surface area contributed by atoms with Crippen molar-refractivity contribution >= 4 is 39.2 Å². The first-order valence-electron chi connectivity index (χ1n) is 5.71. The van der Waals surface area contributed by atoms with Gasteiger partial charge in [-0.1, -0.05) is 34.1 Å². The summed E-state index contributed by atoms with van der Waals surface area (Å²) in [6.07, 6.45) is 3.30. The van der Waals surface area contributed by atoms with Crippen LogP contribution in [0.2, 0.25) is 0 Å². The zero-order valence-corrected chi connectivity index (χ0v) is 11.4. The van der Waals surface area contributed by atoms with Crippen LogP contribution in [0.4, 0.5) is 4.39 Å². The van der Waals surface area contributed by atoms with Gasteiger partial charge in [-0.25, -0.2) is 9.37 Å². The van der Waals surface area contributed by atoms with Gasteiger partial charge < -0.3 is 4.42 Å². The standard InChI is InChI=1S/C15H9BrFNO/c16-11-7-5-10(12(17)9-11)6-8-15-18-13-3-1-2-4-14(13)19-15/h1-9H. The summed E-state index contributed by atoms with van der Waals surface area (Å²) in [5.74, 6) is 0.172. The average molecular weight is 318 g/mol. The van der Waals surface area contributed by atoms with Crippen LogP contribution in [-0.2, 0) is 0 Å². The third kappa shape index (κ3) is 2.58. The van der Waals surface area contributed by atoms with Crippen molar-refractivity contribution in [3.8, 4) is 0 Å². The minimum Gasteiger partial charge on any atom is -0.437 e. The summed E-state index contributed by atoms with van der Waals surface area (Å²) in [6.45, 7) is 0. The molecule has 2 aromatic carbocycles. The molecule has 0 aliphatic rings. The van der Waals surface area contributed by atoms with E-state index in [1.165, 1.54) is 6.07 Å². The molecular weight excluding hydrogens is 309 g/mol. The molecule has 0 atom stereocenters. The number of nitrogens with zero attached hydrogens (tertiary/aromatic N) is 1. The number of aromatic nitrogens is 1. The molecule has 0 radical (unpaired) electrons. The summed E-state index contributed by atoms with van der Waals surface area (Å²) in [5, 5.41) is 0. The summed E-state index contributed by atoms with van der Waals surface area (Å²) in [6, 6.07) is 12.4. The lowest BCUT2D eigenvalue weighted by atomic mass is 10.2. The maximum absolute atomic E-state index is 13.6. The van der Waals surface area contributed by atoms with Crippen LogP contribution >= 0.6 is 15.9 Å². The van der Waals surface area contributed by atoms with Gasteiger partial charge in [-0.15, -0.1) is 0 Å². The van der Waals surface area contributed by atoms with Gasteiger partial charge in [0.2, 0.25) is 5.89 Å². The highest BCUT2D eigenvalue weighted by molar-refractivity contribution is 9.10. The first kappa shape index (κ1) is 12.1. The fourth-order valence-corrected chi connectivity index (χ4v) is 2.09. The second-order valence-corrected chi connectivity index (χ2v) is 4.93. The van der Waals surface area contributed by atoms with E-state index in [4.69, 9.17) is 4.42 Å². The lowest BCUT2D eigenvalue weighted by Gasteiger charge is -1.96. The maximum Gasteiger partial charge on any atom is 0.220 e. The van der Waals surface area contributed by atoms with Crippen LogP contribution in [0.3, 0.4) is 0 Å². The van der Waals surface area contributed by atoms with Gasteiger partial charge in [0.15, 0.2) is 5.58 Å². The molecule has 2 nitrogen and oxygen atoms in total. The second kappa shape index (κ2) is 4.97. The van der Waals surface area contributed by atoms with E-state index in [1.54, 1.807) is 24.3 Å². The molecular formula is C15H9BrFNO. The molecule has 0 aliphatic heterocycles. The van der Waals surface area contributed by atoms with Crippen molar-refractivity contribution < 1.29 is 8.81 Å². The average Bonchev–Trinajstić information content (AvgIpc) is 2.80. The van der Waals surface area contributed by atoms with Crippen LogP contribution < -0.4 is 0 Å². The smallest absolute Gasteiger partial charge is 0.220 e. The molecule has 3 rings (SSSR count). The first-order valence-corrected chi connectivity index (χ1v) is 6.50. The van der Waals surface area contributed by atoms with Crippen LogP contribution in [0.15, 0.2) is 51.4 Å². The third-order valence-corrected chi connectivity index (χ3v) is 3.17. The van der Waals surface area contributed by atoms with Crippen LogP contribution in [0.25, 0.3) is 23.3 Å². The molecule has 0 unspecified atom stereocenters. The first-order chi connectivity index (χ1) is 9.22. The lowest BCUT2D eigenvalue weighted by molar-refractivity contribution is 0.589. The Hall–Kier alpha value is -1.94. The minimum atomic E-state index is -0.290. The molecule has 1 aromatic heterocycles. The largest absolute Gasteiger partial charge is 0.437 e. The number of rotatable bonds is 2. The molecule has 0 bridgehead atoms. The van der Waals surface area contributed by atoms with Crippen LogP contribution in [-0.4, -0.2) is 4.98 Å². The number of benzene rings is 2. The Morgan fingerprint density at radius 1 is 1.11 bits per heavy atom. The molecule has 0 N–H and O–H groups in total. The number of halogens is 2. The summed E-state index contributed by atoms with van der Waals surface area (Å²) in [4.78, 5) is 4.29. The fourth-order valence-electron chi connectivity index (χ4n) is 1.76. The fraction of sp³-hybridized carbons (Fsp3) is 0. The van der Waals surface area contributed by atoms with Gasteiger partial charge in [0.25, 0.3) is 0 Å². The monoisotopic (exact) mass is 317 g/mol. The van der Waals surface area contributed by atoms with Crippen molar-refractivity contribution in [2.45, 2.75) is 0 Å². The Morgan fingerprint density at radius 2 is 1.95 bits per heavy atom. The SMILES string of the molecule is Fc1cc(Br)ccc1C=Cc1nc2ccccc2o1. The topological polar surface area (TPSA) is 26.0 Å². The van der Waals surface area contributed by atoms with Gasteiger partial charge in [-0.2, -0.15) is 0 Å². The van der Waals surface area contributed by atoms with Gasteiger partial charge in [0.1, 0.15) is 11.3 Å². The molecule has 0 saturated heterocycles. The second-order valence-electron chi connectivity index (χ2n) is 4.02. The molecule has 0 spiro atoms. The number of hydrogen-bond acceptors (Lipinski definition) is 2. The normalized spacial score (nSPS) is 11.5. The van der Waals surface area contributed by atoms with Crippen molar-refractivity contribution in [1.82, 2.24) is 4.98 Å². The summed E-state index contributed by atoms with van der Waals surface area (Å²) in [7, 11) is 0. The molecule has 19 heavy (non-hydrogen) atoms. The maximum atomic E-state index is 13.6. The van der Waals surface area contributed by atoms with Gasteiger partial charge >= 0.3 is 0 Å². The van der Waals surface area contributed by atoms with Gasteiger partial charge in [-0.05, 0) is 30.3 Å². The Balaban J connectivity index is 1.93. The third-order valence-electron chi connectivity index (χ3n) is 2.68. The highest BCUT2D eigenvalue weighted by atomic mass is 79.9. The molecule has 0 fully saturated rings. The van der Waals surface area contributed by atoms with E-state index in [0.29, 0.717) is 15.9 Å². The predicted octanol–water partition coefficient (Wildman–Crippen LogP) is 4.90. The van der Waals surface area contributed by atoms with E-state index in [0.717, 1.165) is 11.1 Å². The quantitative estimate of drug-likeness (QED) is 0.672. The molecule has 1 heterocycles. The summed E-state index contributed by atoms with van der Waals surface area (Å²) >= 11 is 3.22. The van der Waals surface area contributed by atoms with Crippen molar-refractivity contribution in [2.24, 2.45) is 0 Å². The van der Waals surface area contributed by atoms with E-state index >= 15 is 0 Å². The molecule has 0 aliphatic carbocycles. The van der Waals surface area contributed by atoms with Gasteiger partial charge in [0, 0.05) is 16.1 Å². The van der Waals surface area contributed by atoms with Crippen molar-refractivity contribution in [3.63, 3.8) is 0 Å². The lowest BCUT2D eigenvalue weighted by Crippen LogP contribution is -1.81. The van der Waals surface area contributed by atoms with Crippen LogP contribution in [0.5, 0.6) is 0 Å². The molecule has 4 heteroatoms. The highest BCUT2D eigenvalue weighted by Gasteiger charge is 2.02. The van der Waals surface area contributed by atoms with Crippen LogP contribution in [0.1, 0.15) is 11.5 Å². The molecule has 3 aromatic rings.